The number of aliphatic hydroxyl groups is 1. The van der Waals surface area contributed by atoms with E-state index in [2.05, 4.69) is 11.8 Å². The zero-order valence-corrected chi connectivity index (χ0v) is 12.2. The normalized spacial score (nSPS) is 12.9. The molecule has 0 fully saturated rings. The number of hydrogen-bond acceptors (Lipinski definition) is 3. The first-order valence-corrected chi connectivity index (χ1v) is 7.55. The van der Waals surface area contributed by atoms with Crippen molar-refractivity contribution < 1.29 is 13.5 Å². The fourth-order valence-corrected chi connectivity index (χ4v) is 2.95. The zero-order chi connectivity index (χ0) is 14.5. The van der Waals surface area contributed by atoms with E-state index in [9.17, 15) is 8.42 Å². The number of benzene rings is 1. The van der Waals surface area contributed by atoms with Gasteiger partial charge in [0.1, 0.15) is 6.61 Å². The molecule has 1 rings (SSSR count). The molecule has 0 radical (unpaired) electrons. The molecule has 0 aliphatic heterocycles. The molecule has 5 heteroatoms. The molecule has 19 heavy (non-hydrogen) atoms. The highest BCUT2D eigenvalue weighted by Gasteiger charge is 2.23. The van der Waals surface area contributed by atoms with Gasteiger partial charge in [0.2, 0.25) is 10.0 Å². The van der Waals surface area contributed by atoms with Gasteiger partial charge in [-0.3, -0.25) is 0 Å². The molecule has 0 bridgehead atoms. The Kier molecular flexibility index (Phi) is 5.55. The predicted octanol–water partition coefficient (Wildman–Crippen LogP) is 1.45. The minimum atomic E-state index is -3.45. The van der Waals surface area contributed by atoms with Gasteiger partial charge < -0.3 is 5.11 Å². The summed E-state index contributed by atoms with van der Waals surface area (Å²) < 4.78 is 26.0. The molecule has 0 aliphatic carbocycles. The number of hydrogen-bond donors (Lipinski definition) is 1. The minimum Gasteiger partial charge on any atom is -0.384 e. The lowest BCUT2D eigenvalue weighted by Gasteiger charge is -2.23. The lowest BCUT2D eigenvalue weighted by molar-refractivity contribution is 0.350. The molecule has 1 atom stereocenters. The Morgan fingerprint density at radius 3 is 2.37 bits per heavy atom. The molecule has 0 aliphatic rings. The maximum absolute atomic E-state index is 12.3. The van der Waals surface area contributed by atoms with Gasteiger partial charge in [0.05, 0.1) is 4.90 Å². The summed E-state index contributed by atoms with van der Waals surface area (Å²) in [5.74, 6) is 5.25. The van der Waals surface area contributed by atoms with Crippen molar-refractivity contribution >= 4 is 10.0 Å². The van der Waals surface area contributed by atoms with Crippen LogP contribution < -0.4 is 0 Å². The van der Waals surface area contributed by atoms with E-state index in [0.717, 1.165) is 6.42 Å². The zero-order valence-electron chi connectivity index (χ0n) is 11.4. The molecule has 0 spiro atoms. The lowest BCUT2D eigenvalue weighted by Crippen LogP contribution is -2.34. The van der Waals surface area contributed by atoms with Gasteiger partial charge in [-0.2, -0.15) is 4.31 Å². The lowest BCUT2D eigenvalue weighted by atomic mass is 10.2. The summed E-state index contributed by atoms with van der Waals surface area (Å²) in [4.78, 5) is 0.254. The Hall–Kier alpha value is -1.35. The fraction of sp³-hybridized carbons (Fsp3) is 0.429. The highest BCUT2D eigenvalue weighted by molar-refractivity contribution is 7.89. The summed E-state index contributed by atoms with van der Waals surface area (Å²) >= 11 is 0. The Labute approximate surface area is 115 Å². The number of rotatable bonds is 4. The van der Waals surface area contributed by atoms with Gasteiger partial charge >= 0.3 is 0 Å². The second-order valence-corrected chi connectivity index (χ2v) is 6.26. The van der Waals surface area contributed by atoms with Gasteiger partial charge in [-0.1, -0.05) is 18.8 Å². The molecular formula is C14H19NO3S. The van der Waals surface area contributed by atoms with Crippen LogP contribution in [0.4, 0.5) is 0 Å². The largest absolute Gasteiger partial charge is 0.384 e. The maximum atomic E-state index is 12.3. The maximum Gasteiger partial charge on any atom is 0.243 e. The molecule has 1 unspecified atom stereocenters. The number of sulfonamides is 1. The summed E-state index contributed by atoms with van der Waals surface area (Å²) in [5, 5.41) is 8.60. The molecule has 1 aromatic rings. The van der Waals surface area contributed by atoms with Crippen LogP contribution in [-0.4, -0.2) is 37.5 Å². The van der Waals surface area contributed by atoms with Crippen LogP contribution in [0.15, 0.2) is 29.2 Å². The van der Waals surface area contributed by atoms with Crippen molar-refractivity contribution in [2.24, 2.45) is 0 Å². The van der Waals surface area contributed by atoms with Crippen LogP contribution in [0, 0.1) is 11.8 Å². The standard InChI is InChI=1S/C14H19NO3S/c1-4-12(2)15(3)19(17,18)14-9-7-13(8-10-14)6-5-11-16/h7-10,12,16H,4,11H2,1-3H3. The first kappa shape index (κ1) is 15.7. The monoisotopic (exact) mass is 281 g/mol. The van der Waals surface area contributed by atoms with Crippen molar-refractivity contribution in [3.63, 3.8) is 0 Å². The molecule has 0 amide bonds. The molecule has 0 saturated carbocycles. The van der Waals surface area contributed by atoms with E-state index in [1.807, 2.05) is 13.8 Å². The van der Waals surface area contributed by atoms with Crippen molar-refractivity contribution in [3.05, 3.63) is 29.8 Å². The molecule has 4 nitrogen and oxygen atoms in total. The SMILES string of the molecule is CCC(C)N(C)S(=O)(=O)c1ccc(C#CCO)cc1. The summed E-state index contributed by atoms with van der Waals surface area (Å²) in [5.41, 5.74) is 0.680. The van der Waals surface area contributed by atoms with Crippen LogP contribution >= 0.6 is 0 Å². The van der Waals surface area contributed by atoms with Crippen LogP contribution in [0.25, 0.3) is 0 Å². The van der Waals surface area contributed by atoms with Crippen LogP contribution in [0.1, 0.15) is 25.8 Å². The van der Waals surface area contributed by atoms with Crippen molar-refractivity contribution in [3.8, 4) is 11.8 Å². The predicted molar refractivity (Wildman–Crippen MR) is 75.1 cm³/mol. The first-order chi connectivity index (χ1) is 8.93. The second-order valence-electron chi connectivity index (χ2n) is 4.26. The van der Waals surface area contributed by atoms with Crippen LogP contribution in [0.5, 0.6) is 0 Å². The van der Waals surface area contributed by atoms with E-state index >= 15 is 0 Å². The molecule has 0 saturated heterocycles. The van der Waals surface area contributed by atoms with Gasteiger partial charge in [0.25, 0.3) is 0 Å². The first-order valence-electron chi connectivity index (χ1n) is 6.11. The smallest absolute Gasteiger partial charge is 0.243 e. The van der Waals surface area contributed by atoms with E-state index < -0.39 is 10.0 Å². The Bertz CT molecular complexity index is 567. The Morgan fingerprint density at radius 2 is 1.89 bits per heavy atom. The van der Waals surface area contributed by atoms with Gasteiger partial charge in [-0.15, -0.1) is 0 Å². The topological polar surface area (TPSA) is 57.6 Å². The second kappa shape index (κ2) is 6.71. The number of aliphatic hydroxyl groups excluding tert-OH is 1. The average Bonchev–Trinajstić information content (AvgIpc) is 2.43. The van der Waals surface area contributed by atoms with Gasteiger partial charge in [-0.25, -0.2) is 8.42 Å². The summed E-state index contributed by atoms with van der Waals surface area (Å²) in [6.45, 7) is 3.61. The molecule has 1 aromatic carbocycles. The average molecular weight is 281 g/mol. The van der Waals surface area contributed by atoms with Crippen molar-refractivity contribution in [2.45, 2.75) is 31.2 Å². The molecule has 0 aromatic heterocycles. The Balaban J connectivity index is 3.03. The molecule has 1 N–H and O–H groups in total. The third kappa shape index (κ3) is 3.80. The highest BCUT2D eigenvalue weighted by Crippen LogP contribution is 2.18. The fourth-order valence-electron chi connectivity index (χ4n) is 1.51. The Morgan fingerprint density at radius 1 is 1.32 bits per heavy atom. The highest BCUT2D eigenvalue weighted by atomic mass is 32.2. The van der Waals surface area contributed by atoms with Crippen LogP contribution in [0.2, 0.25) is 0 Å². The van der Waals surface area contributed by atoms with E-state index in [0.29, 0.717) is 5.56 Å². The van der Waals surface area contributed by atoms with E-state index in [-0.39, 0.29) is 17.5 Å². The van der Waals surface area contributed by atoms with Gasteiger partial charge in [-0.05, 0) is 37.6 Å². The summed E-state index contributed by atoms with van der Waals surface area (Å²) in [6, 6.07) is 6.31. The molecular weight excluding hydrogens is 262 g/mol. The summed E-state index contributed by atoms with van der Waals surface area (Å²) in [7, 11) is -1.87. The van der Waals surface area contributed by atoms with E-state index in [4.69, 9.17) is 5.11 Å². The van der Waals surface area contributed by atoms with E-state index in [1.54, 1.807) is 19.2 Å². The summed E-state index contributed by atoms with van der Waals surface area (Å²) in [6.07, 6.45) is 0.760. The molecule has 104 valence electrons. The third-order valence-electron chi connectivity index (χ3n) is 3.05. The van der Waals surface area contributed by atoms with E-state index in [1.165, 1.54) is 16.4 Å². The van der Waals surface area contributed by atoms with Crippen molar-refractivity contribution in [2.75, 3.05) is 13.7 Å². The van der Waals surface area contributed by atoms with Gasteiger partial charge in [0.15, 0.2) is 0 Å². The van der Waals surface area contributed by atoms with Crippen molar-refractivity contribution in [1.29, 1.82) is 0 Å². The number of nitrogens with zero attached hydrogens (tertiary/aromatic N) is 1. The van der Waals surface area contributed by atoms with Crippen LogP contribution in [-0.2, 0) is 10.0 Å². The van der Waals surface area contributed by atoms with Crippen LogP contribution in [0.3, 0.4) is 0 Å². The minimum absolute atomic E-state index is 0.0427. The quantitative estimate of drug-likeness (QED) is 0.850. The molecule has 0 heterocycles. The third-order valence-corrected chi connectivity index (χ3v) is 5.04. The van der Waals surface area contributed by atoms with Gasteiger partial charge in [0, 0.05) is 18.7 Å². The van der Waals surface area contributed by atoms with Crippen molar-refractivity contribution in [1.82, 2.24) is 4.31 Å².